The summed E-state index contributed by atoms with van der Waals surface area (Å²) < 4.78 is 0. The second-order valence-electron chi connectivity index (χ2n) is 5.20. The fourth-order valence-electron chi connectivity index (χ4n) is 2.87. The third-order valence-corrected chi connectivity index (χ3v) is 3.98. The number of carbonyl (C=O) groups is 2. The van der Waals surface area contributed by atoms with Gasteiger partial charge in [0.15, 0.2) is 11.6 Å². The predicted molar refractivity (Wildman–Crippen MR) is 86.8 cm³/mol. The highest BCUT2D eigenvalue weighted by Gasteiger charge is 2.38. The van der Waals surface area contributed by atoms with E-state index in [4.69, 9.17) is 22.9 Å². The number of nitrogens with zero attached hydrogens (tertiary/aromatic N) is 2. The van der Waals surface area contributed by atoms with E-state index in [1.54, 1.807) is 12.1 Å². The van der Waals surface area contributed by atoms with E-state index in [0.29, 0.717) is 0 Å². The van der Waals surface area contributed by atoms with Crippen molar-refractivity contribution in [1.29, 1.82) is 10.5 Å². The topological polar surface area (TPSA) is 186 Å². The average molecular weight is 318 g/mol. The Morgan fingerprint density at radius 2 is 1.00 bits per heavy atom. The fourth-order valence-corrected chi connectivity index (χ4v) is 2.87. The van der Waals surface area contributed by atoms with Gasteiger partial charge in [-0.05, 0) is 12.1 Å². The number of anilines is 4. The number of nitriles is 2. The van der Waals surface area contributed by atoms with Gasteiger partial charge in [-0.15, -0.1) is 0 Å². The molecule has 8 heteroatoms. The molecule has 3 rings (SSSR count). The first-order valence-corrected chi connectivity index (χ1v) is 6.67. The predicted octanol–water partition coefficient (Wildman–Crippen LogP) is 0.534. The molecule has 0 aliphatic heterocycles. The highest BCUT2D eigenvalue weighted by atomic mass is 16.1. The van der Waals surface area contributed by atoms with Crippen molar-refractivity contribution in [2.75, 3.05) is 22.9 Å². The number of hydrogen-bond acceptors (Lipinski definition) is 8. The molecule has 0 saturated heterocycles. The van der Waals surface area contributed by atoms with Crippen LogP contribution in [0.5, 0.6) is 0 Å². The maximum Gasteiger partial charge on any atom is 0.198 e. The van der Waals surface area contributed by atoms with Crippen molar-refractivity contribution in [3.63, 3.8) is 0 Å². The molecule has 1 aliphatic carbocycles. The summed E-state index contributed by atoms with van der Waals surface area (Å²) in [6.07, 6.45) is 0. The molecule has 1 aliphatic rings. The van der Waals surface area contributed by atoms with E-state index in [1.165, 1.54) is 12.1 Å². The zero-order chi connectivity index (χ0) is 17.8. The minimum absolute atomic E-state index is 0.0593. The molecule has 0 spiro atoms. The van der Waals surface area contributed by atoms with Gasteiger partial charge in [0.05, 0.1) is 44.8 Å². The number of fused-ring (bicyclic) bond motifs is 2. The van der Waals surface area contributed by atoms with E-state index in [9.17, 15) is 20.1 Å². The summed E-state index contributed by atoms with van der Waals surface area (Å²) in [6, 6.07) is 6.29. The Balaban J connectivity index is 2.54. The largest absolute Gasteiger partial charge is 0.398 e. The normalized spacial score (nSPS) is 12.1. The minimum atomic E-state index is -0.658. The molecule has 116 valence electrons. The molecule has 0 radical (unpaired) electrons. The monoisotopic (exact) mass is 318 g/mol. The van der Waals surface area contributed by atoms with Crippen molar-refractivity contribution in [3.05, 3.63) is 45.5 Å². The van der Waals surface area contributed by atoms with E-state index < -0.39 is 11.6 Å². The molecular formula is C16H10N6O2. The van der Waals surface area contributed by atoms with E-state index >= 15 is 0 Å². The molecule has 24 heavy (non-hydrogen) atoms. The van der Waals surface area contributed by atoms with Crippen LogP contribution in [0.2, 0.25) is 0 Å². The molecule has 8 nitrogen and oxygen atoms in total. The standard InChI is InChI=1S/C16H10N6O2/c17-3-5-6(4-18)14(22)12-11(13(5)21)15(23)9-7(19)1-2-8(20)10(9)16(12)24/h1-2H,19-22H2. The average Bonchev–Trinajstić information content (AvgIpc) is 2.55. The number of nitrogens with two attached hydrogens (primary N) is 4. The van der Waals surface area contributed by atoms with Crippen molar-refractivity contribution in [1.82, 2.24) is 0 Å². The van der Waals surface area contributed by atoms with E-state index in [-0.39, 0.29) is 56.1 Å². The second kappa shape index (κ2) is 4.73. The number of carbonyl (C=O) groups excluding carboxylic acids is 2. The Labute approximate surface area is 135 Å². The Morgan fingerprint density at radius 3 is 1.29 bits per heavy atom. The van der Waals surface area contributed by atoms with Gasteiger partial charge >= 0.3 is 0 Å². The van der Waals surface area contributed by atoms with Gasteiger partial charge in [0, 0.05) is 11.4 Å². The fraction of sp³-hybridized carbons (Fsp3) is 0. The first kappa shape index (κ1) is 14.9. The third kappa shape index (κ3) is 1.59. The van der Waals surface area contributed by atoms with Crippen molar-refractivity contribution in [3.8, 4) is 12.1 Å². The SMILES string of the molecule is N#Cc1c(N)c2c(c(N)c1C#N)C(=O)c1c(N)ccc(N)c1C2=O. The Hall–Kier alpha value is -4.04. The summed E-state index contributed by atoms with van der Waals surface area (Å²) in [7, 11) is 0. The number of benzene rings is 2. The van der Waals surface area contributed by atoms with Gasteiger partial charge in [-0.3, -0.25) is 9.59 Å². The van der Waals surface area contributed by atoms with E-state index in [2.05, 4.69) is 0 Å². The van der Waals surface area contributed by atoms with Crippen LogP contribution in [0.3, 0.4) is 0 Å². The summed E-state index contributed by atoms with van der Waals surface area (Å²) in [5.74, 6) is -1.32. The highest BCUT2D eigenvalue weighted by Crippen LogP contribution is 2.41. The van der Waals surface area contributed by atoms with Crippen molar-refractivity contribution in [2.45, 2.75) is 0 Å². The first-order valence-electron chi connectivity index (χ1n) is 6.67. The molecular weight excluding hydrogens is 308 g/mol. The van der Waals surface area contributed by atoms with Crippen LogP contribution in [-0.2, 0) is 0 Å². The summed E-state index contributed by atoms with van der Waals surface area (Å²) in [5.41, 5.74) is 21.9. The quantitative estimate of drug-likeness (QED) is 0.432. The minimum Gasteiger partial charge on any atom is -0.398 e. The number of nitrogen functional groups attached to an aromatic ring is 4. The van der Waals surface area contributed by atoms with E-state index in [1.807, 2.05) is 0 Å². The zero-order valence-electron chi connectivity index (χ0n) is 12.2. The first-order chi connectivity index (χ1) is 11.3. The Morgan fingerprint density at radius 1 is 0.667 bits per heavy atom. The maximum absolute atomic E-state index is 12.9. The van der Waals surface area contributed by atoms with Crippen LogP contribution in [0.4, 0.5) is 22.7 Å². The smallest absolute Gasteiger partial charge is 0.198 e. The second-order valence-corrected chi connectivity index (χ2v) is 5.20. The van der Waals surface area contributed by atoms with Gasteiger partial charge in [-0.2, -0.15) is 10.5 Å². The molecule has 0 saturated carbocycles. The van der Waals surface area contributed by atoms with Gasteiger partial charge in [-0.25, -0.2) is 0 Å². The lowest BCUT2D eigenvalue weighted by atomic mass is 9.78. The molecule has 0 amide bonds. The molecule has 8 N–H and O–H groups in total. The zero-order valence-corrected chi connectivity index (χ0v) is 12.2. The lowest BCUT2D eigenvalue weighted by Crippen LogP contribution is -2.27. The van der Waals surface area contributed by atoms with Crippen LogP contribution in [0.15, 0.2) is 12.1 Å². The maximum atomic E-state index is 12.9. The Kier molecular flexibility index (Phi) is 2.93. The number of ketones is 2. The van der Waals surface area contributed by atoms with Crippen LogP contribution >= 0.6 is 0 Å². The molecule has 0 bridgehead atoms. The van der Waals surface area contributed by atoms with Crippen LogP contribution in [0, 0.1) is 22.7 Å². The third-order valence-electron chi connectivity index (χ3n) is 3.98. The van der Waals surface area contributed by atoms with Crippen LogP contribution in [0.1, 0.15) is 43.0 Å². The summed E-state index contributed by atoms with van der Waals surface area (Å²) >= 11 is 0. The van der Waals surface area contributed by atoms with E-state index in [0.717, 1.165) is 0 Å². The van der Waals surface area contributed by atoms with Gasteiger partial charge in [0.1, 0.15) is 12.1 Å². The number of rotatable bonds is 0. The summed E-state index contributed by atoms with van der Waals surface area (Å²) in [6.45, 7) is 0. The lowest BCUT2D eigenvalue weighted by molar-refractivity contribution is 0.0981. The van der Waals surface area contributed by atoms with Gasteiger partial charge in [-0.1, -0.05) is 0 Å². The van der Waals surface area contributed by atoms with Crippen molar-refractivity contribution >= 4 is 34.3 Å². The van der Waals surface area contributed by atoms with Crippen LogP contribution in [0.25, 0.3) is 0 Å². The molecule has 0 aromatic heterocycles. The molecule has 2 aromatic rings. The lowest BCUT2D eigenvalue weighted by Gasteiger charge is -2.24. The summed E-state index contributed by atoms with van der Waals surface area (Å²) in [4.78, 5) is 25.7. The van der Waals surface area contributed by atoms with Gasteiger partial charge in [0.25, 0.3) is 0 Å². The molecule has 0 heterocycles. The van der Waals surface area contributed by atoms with Crippen molar-refractivity contribution < 1.29 is 9.59 Å². The Bertz CT molecular complexity index is 972. The van der Waals surface area contributed by atoms with Gasteiger partial charge < -0.3 is 22.9 Å². The van der Waals surface area contributed by atoms with Crippen molar-refractivity contribution in [2.24, 2.45) is 0 Å². The summed E-state index contributed by atoms with van der Waals surface area (Å²) in [5, 5.41) is 18.4. The molecule has 0 fully saturated rings. The number of hydrogen-bond donors (Lipinski definition) is 4. The van der Waals surface area contributed by atoms with Crippen LogP contribution < -0.4 is 22.9 Å². The van der Waals surface area contributed by atoms with Gasteiger partial charge in [0.2, 0.25) is 0 Å². The molecule has 0 atom stereocenters. The molecule has 2 aromatic carbocycles. The molecule has 0 unspecified atom stereocenters. The van der Waals surface area contributed by atoms with Crippen LogP contribution in [-0.4, -0.2) is 11.6 Å². The highest BCUT2D eigenvalue weighted by molar-refractivity contribution is 6.35.